The van der Waals surface area contributed by atoms with Gasteiger partial charge >= 0.3 is 12.1 Å². The van der Waals surface area contributed by atoms with Crippen molar-refractivity contribution in [3.8, 4) is 23.1 Å². The second-order valence-electron chi connectivity index (χ2n) is 14.8. The van der Waals surface area contributed by atoms with E-state index < -0.39 is 12.1 Å². The average molecular weight is 772 g/mol. The van der Waals surface area contributed by atoms with Gasteiger partial charge in [0.25, 0.3) is 5.91 Å². The molecule has 7 rings (SSSR count). The maximum absolute atomic E-state index is 14.4. The topological polar surface area (TPSA) is 175 Å². The van der Waals surface area contributed by atoms with Crippen molar-refractivity contribution in [1.29, 1.82) is 0 Å². The Morgan fingerprint density at radius 1 is 0.877 bits per heavy atom. The summed E-state index contributed by atoms with van der Waals surface area (Å²) >= 11 is 0. The zero-order chi connectivity index (χ0) is 39.6. The highest BCUT2D eigenvalue weighted by Crippen LogP contribution is 2.36. The van der Waals surface area contributed by atoms with Crippen molar-refractivity contribution in [2.45, 2.75) is 88.4 Å². The smallest absolute Gasteiger partial charge is 0.408 e. The van der Waals surface area contributed by atoms with Gasteiger partial charge in [0.2, 0.25) is 5.91 Å². The first kappa shape index (κ1) is 39.0. The fourth-order valence-electron chi connectivity index (χ4n) is 8.01. The standard InChI is InChI=1S/C43H49N9O5/c1-2-3-7-25-57-43(56)48-34-20-24-51(28-34)42(55)50-38(32-9-5-4-6-10-32)41(54)52-23-8-11-37(52)39-46-27-35(49-39)31-14-12-29(13-15-31)30-16-18-33(19-17-30)47-40(53)36-26-44-21-22-45-36/h4-6,9-10,12-15,21-22,26-27,30,33-34,37-38H,2,8,11,16-20,23-25,28H2,1H3,(H,46,49)(H,47,53)(H,48,56)(H,50,55)/t30?,33?,34-,37+,38-/m1/s1. The highest BCUT2D eigenvalue weighted by molar-refractivity contribution is 5.92. The number of aromatic nitrogens is 4. The first-order chi connectivity index (χ1) is 27.9. The number of carbonyl (C=O) groups is 4. The number of nitrogens with zero attached hydrogens (tertiary/aromatic N) is 5. The summed E-state index contributed by atoms with van der Waals surface area (Å²) in [7, 11) is 0. The fourth-order valence-corrected chi connectivity index (χ4v) is 8.01. The van der Waals surface area contributed by atoms with Crippen LogP contribution in [0.25, 0.3) is 11.3 Å². The van der Waals surface area contributed by atoms with Crippen LogP contribution in [-0.2, 0) is 9.53 Å². The summed E-state index contributed by atoms with van der Waals surface area (Å²) in [6, 6.07) is 16.1. The van der Waals surface area contributed by atoms with Crippen molar-refractivity contribution in [2.75, 3.05) is 26.2 Å². The maximum Gasteiger partial charge on any atom is 0.408 e. The quantitative estimate of drug-likeness (QED) is 0.150. The Morgan fingerprint density at radius 2 is 1.68 bits per heavy atom. The number of nitrogens with one attached hydrogen (secondary N) is 4. The Labute approximate surface area is 332 Å². The van der Waals surface area contributed by atoms with Crippen LogP contribution in [0, 0.1) is 11.8 Å². The fraction of sp³-hybridized carbons (Fsp3) is 0.419. The van der Waals surface area contributed by atoms with Crippen LogP contribution in [0.2, 0.25) is 0 Å². The molecule has 2 aromatic heterocycles. The maximum atomic E-state index is 14.4. The Balaban J connectivity index is 0.953. The molecule has 4 aromatic rings. The third kappa shape index (κ3) is 9.78. The minimum Gasteiger partial charge on any atom is -0.436 e. The van der Waals surface area contributed by atoms with Crippen LogP contribution in [0.3, 0.4) is 0 Å². The molecular weight excluding hydrogens is 723 g/mol. The molecule has 3 aliphatic rings. The van der Waals surface area contributed by atoms with Gasteiger partial charge in [0.15, 0.2) is 6.61 Å². The lowest BCUT2D eigenvalue weighted by Gasteiger charge is -2.30. The monoisotopic (exact) mass is 771 g/mol. The van der Waals surface area contributed by atoms with E-state index in [1.165, 1.54) is 18.0 Å². The van der Waals surface area contributed by atoms with Crippen molar-refractivity contribution in [3.05, 3.63) is 102 Å². The Bertz CT molecular complexity index is 2060. The summed E-state index contributed by atoms with van der Waals surface area (Å²) < 4.78 is 5.12. The van der Waals surface area contributed by atoms with Crippen LogP contribution < -0.4 is 16.0 Å². The SMILES string of the molecule is CCC#CCOC(=O)N[C@@H]1CCN(C(=O)N[C@@H](C(=O)N2CCC[C@H]2c2ncc(-c3ccc(C4CCC(NC(=O)c5cnccn5)CC4)cc3)[nH]2)c2ccccc2)C1. The summed E-state index contributed by atoms with van der Waals surface area (Å²) in [6.07, 6.45) is 12.4. The molecule has 4 heterocycles. The van der Waals surface area contributed by atoms with Gasteiger partial charge in [-0.3, -0.25) is 14.6 Å². The van der Waals surface area contributed by atoms with Gasteiger partial charge in [0, 0.05) is 44.5 Å². The number of imidazole rings is 1. The second kappa shape index (κ2) is 18.6. The number of likely N-dealkylation sites (tertiary alicyclic amines) is 2. The largest absolute Gasteiger partial charge is 0.436 e. The van der Waals surface area contributed by atoms with Gasteiger partial charge in [-0.1, -0.05) is 67.4 Å². The molecule has 296 valence electrons. The highest BCUT2D eigenvalue weighted by Gasteiger charge is 2.38. The van der Waals surface area contributed by atoms with Crippen LogP contribution in [0.1, 0.15) is 104 Å². The van der Waals surface area contributed by atoms with Gasteiger partial charge in [0.1, 0.15) is 17.6 Å². The molecule has 0 bridgehead atoms. The lowest BCUT2D eigenvalue weighted by Crippen LogP contribution is -2.48. The summed E-state index contributed by atoms with van der Waals surface area (Å²) in [5.74, 6) is 6.37. The number of alkyl carbamates (subject to hydrolysis) is 1. The van der Waals surface area contributed by atoms with Crippen LogP contribution in [0.5, 0.6) is 0 Å². The van der Waals surface area contributed by atoms with Crippen molar-refractivity contribution in [1.82, 2.24) is 45.7 Å². The van der Waals surface area contributed by atoms with E-state index in [0.29, 0.717) is 55.5 Å². The van der Waals surface area contributed by atoms with Crippen molar-refractivity contribution in [3.63, 3.8) is 0 Å². The highest BCUT2D eigenvalue weighted by atomic mass is 16.5. The number of carbonyl (C=O) groups excluding carboxylic acids is 4. The van der Waals surface area contributed by atoms with E-state index >= 15 is 0 Å². The minimum atomic E-state index is -0.903. The van der Waals surface area contributed by atoms with E-state index in [2.05, 4.69) is 67.0 Å². The predicted octanol–water partition coefficient (Wildman–Crippen LogP) is 5.65. The van der Waals surface area contributed by atoms with Crippen LogP contribution in [-0.4, -0.2) is 92.0 Å². The lowest BCUT2D eigenvalue weighted by molar-refractivity contribution is -0.134. The number of aromatic amines is 1. The van der Waals surface area contributed by atoms with Crippen molar-refractivity contribution in [2.24, 2.45) is 0 Å². The summed E-state index contributed by atoms with van der Waals surface area (Å²) in [4.78, 5) is 72.5. The van der Waals surface area contributed by atoms with Gasteiger partial charge < -0.3 is 35.5 Å². The van der Waals surface area contributed by atoms with Crippen LogP contribution in [0.4, 0.5) is 9.59 Å². The third-order valence-electron chi connectivity index (χ3n) is 11.0. The molecule has 3 atom stereocenters. The van der Waals surface area contributed by atoms with E-state index in [1.807, 2.05) is 48.4 Å². The number of amides is 5. The molecule has 5 amide bonds. The molecule has 2 aromatic carbocycles. The first-order valence-corrected chi connectivity index (χ1v) is 19.9. The zero-order valence-corrected chi connectivity index (χ0v) is 32.2. The minimum absolute atomic E-state index is 0.0147. The van der Waals surface area contributed by atoms with E-state index in [0.717, 1.165) is 49.8 Å². The number of hydrogen-bond acceptors (Lipinski definition) is 8. The summed E-state index contributed by atoms with van der Waals surface area (Å²) in [6.45, 7) is 3.20. The predicted molar refractivity (Wildman–Crippen MR) is 212 cm³/mol. The number of H-pyrrole nitrogens is 1. The van der Waals surface area contributed by atoms with E-state index in [9.17, 15) is 19.2 Å². The molecule has 0 unspecified atom stereocenters. The first-order valence-electron chi connectivity index (χ1n) is 19.9. The molecule has 14 heteroatoms. The normalized spacial score (nSPS) is 20.9. The van der Waals surface area contributed by atoms with Crippen LogP contribution in [0.15, 0.2) is 79.4 Å². The summed E-state index contributed by atoms with van der Waals surface area (Å²) in [5.41, 5.74) is 4.17. The van der Waals surface area contributed by atoms with Crippen molar-refractivity contribution >= 4 is 23.9 Å². The molecular formula is C43H49N9O5. The van der Waals surface area contributed by atoms with Gasteiger partial charge in [-0.2, -0.15) is 0 Å². The summed E-state index contributed by atoms with van der Waals surface area (Å²) in [5, 5.41) is 8.92. The van der Waals surface area contributed by atoms with Gasteiger partial charge in [0.05, 0.1) is 30.2 Å². The average Bonchev–Trinajstić information content (AvgIpc) is 4.05. The number of hydrogen-bond donors (Lipinski definition) is 4. The molecule has 1 saturated carbocycles. The Hall–Kier alpha value is -6.23. The van der Waals surface area contributed by atoms with Gasteiger partial charge in [-0.05, 0) is 67.6 Å². The molecule has 0 spiro atoms. The Kier molecular flexibility index (Phi) is 12.7. The van der Waals surface area contributed by atoms with E-state index in [1.54, 1.807) is 11.1 Å². The molecule has 1 aliphatic carbocycles. The van der Waals surface area contributed by atoms with E-state index in [4.69, 9.17) is 9.72 Å². The number of benzene rings is 2. The van der Waals surface area contributed by atoms with E-state index in [-0.39, 0.29) is 42.6 Å². The molecule has 57 heavy (non-hydrogen) atoms. The molecule has 2 aliphatic heterocycles. The Morgan fingerprint density at radius 3 is 2.44 bits per heavy atom. The molecule has 3 fully saturated rings. The zero-order valence-electron chi connectivity index (χ0n) is 32.2. The molecule has 4 N–H and O–H groups in total. The number of ether oxygens (including phenoxy) is 1. The molecule has 2 saturated heterocycles. The van der Waals surface area contributed by atoms with Crippen LogP contribution >= 0.6 is 0 Å². The number of urea groups is 1. The third-order valence-corrected chi connectivity index (χ3v) is 11.0. The van der Waals surface area contributed by atoms with Gasteiger partial charge in [-0.25, -0.2) is 19.6 Å². The molecule has 0 radical (unpaired) electrons. The lowest BCUT2D eigenvalue weighted by atomic mass is 9.81. The van der Waals surface area contributed by atoms with Gasteiger partial charge in [-0.15, -0.1) is 5.92 Å². The molecule has 14 nitrogen and oxygen atoms in total. The van der Waals surface area contributed by atoms with Crippen molar-refractivity contribution < 1.29 is 23.9 Å². The second-order valence-corrected chi connectivity index (χ2v) is 14.8. The number of rotatable bonds is 10.